The van der Waals surface area contributed by atoms with Crippen LogP contribution in [0.4, 0.5) is 0 Å². The highest BCUT2D eigenvalue weighted by Gasteiger charge is 2.10. The van der Waals surface area contributed by atoms with Gasteiger partial charge in [0, 0.05) is 27.1 Å². The second kappa shape index (κ2) is 5.32. The summed E-state index contributed by atoms with van der Waals surface area (Å²) in [5, 5.41) is 3.38. The van der Waals surface area contributed by atoms with Crippen molar-refractivity contribution >= 4 is 5.91 Å². The van der Waals surface area contributed by atoms with E-state index < -0.39 is 0 Å². The smallest absolute Gasteiger partial charge is 0.222 e. The molecule has 0 aromatic heterocycles. The molecule has 0 spiro atoms. The van der Waals surface area contributed by atoms with E-state index in [1.54, 1.807) is 19.0 Å². The summed E-state index contributed by atoms with van der Waals surface area (Å²) in [5.74, 6) is 0.195. The molecule has 1 aliphatic heterocycles. The van der Waals surface area contributed by atoms with Crippen LogP contribution in [0, 0.1) is 0 Å². The SMILES string of the molecule is CN(C)C(=O)CCc1ccc2c(c1)CNCC2. The molecule has 0 unspecified atom stereocenters. The predicted molar refractivity (Wildman–Crippen MR) is 68.9 cm³/mol. The number of carbonyl (C=O) groups is 1. The Morgan fingerprint density at radius 2 is 2.18 bits per heavy atom. The van der Waals surface area contributed by atoms with Crippen LogP contribution in [-0.2, 0) is 24.2 Å². The lowest BCUT2D eigenvalue weighted by Crippen LogP contribution is -2.24. The number of carbonyl (C=O) groups excluding carboxylic acids is 1. The summed E-state index contributed by atoms with van der Waals surface area (Å²) in [7, 11) is 3.61. The molecule has 3 heteroatoms. The van der Waals surface area contributed by atoms with Gasteiger partial charge in [-0.2, -0.15) is 0 Å². The number of fused-ring (bicyclic) bond motifs is 1. The fraction of sp³-hybridized carbons (Fsp3) is 0.500. The van der Waals surface area contributed by atoms with Gasteiger partial charge in [0.05, 0.1) is 0 Å². The van der Waals surface area contributed by atoms with Gasteiger partial charge in [-0.1, -0.05) is 18.2 Å². The van der Waals surface area contributed by atoms with Crippen molar-refractivity contribution < 1.29 is 4.79 Å². The van der Waals surface area contributed by atoms with Crippen LogP contribution in [0.15, 0.2) is 18.2 Å². The first-order chi connectivity index (χ1) is 8.16. The Hall–Kier alpha value is -1.35. The first kappa shape index (κ1) is 12.1. The third-order valence-electron chi connectivity index (χ3n) is 3.28. The molecule has 1 aliphatic rings. The number of hydrogen-bond donors (Lipinski definition) is 1. The molecule has 0 atom stereocenters. The topological polar surface area (TPSA) is 32.3 Å². The largest absolute Gasteiger partial charge is 0.349 e. The van der Waals surface area contributed by atoms with Crippen LogP contribution >= 0.6 is 0 Å². The van der Waals surface area contributed by atoms with E-state index in [-0.39, 0.29) is 5.91 Å². The molecule has 0 saturated carbocycles. The Morgan fingerprint density at radius 3 is 2.94 bits per heavy atom. The van der Waals surface area contributed by atoms with Gasteiger partial charge in [0.25, 0.3) is 0 Å². The van der Waals surface area contributed by atoms with Gasteiger partial charge in [0.2, 0.25) is 5.91 Å². The van der Waals surface area contributed by atoms with Gasteiger partial charge in [0.1, 0.15) is 0 Å². The zero-order chi connectivity index (χ0) is 12.3. The Morgan fingerprint density at radius 1 is 1.35 bits per heavy atom. The van der Waals surface area contributed by atoms with Gasteiger partial charge in [-0.15, -0.1) is 0 Å². The minimum atomic E-state index is 0.195. The van der Waals surface area contributed by atoms with Crippen LogP contribution in [0.3, 0.4) is 0 Å². The van der Waals surface area contributed by atoms with E-state index in [1.165, 1.54) is 16.7 Å². The van der Waals surface area contributed by atoms with Gasteiger partial charge in [0.15, 0.2) is 0 Å². The average Bonchev–Trinajstić information content (AvgIpc) is 2.35. The van der Waals surface area contributed by atoms with Gasteiger partial charge in [-0.25, -0.2) is 0 Å². The van der Waals surface area contributed by atoms with E-state index >= 15 is 0 Å². The lowest BCUT2D eigenvalue weighted by atomic mass is 9.97. The third-order valence-corrected chi connectivity index (χ3v) is 3.28. The second-order valence-corrected chi connectivity index (χ2v) is 4.82. The molecule has 1 N–H and O–H groups in total. The van der Waals surface area contributed by atoms with E-state index in [2.05, 4.69) is 23.5 Å². The molecule has 1 heterocycles. The summed E-state index contributed by atoms with van der Waals surface area (Å²) < 4.78 is 0. The van der Waals surface area contributed by atoms with Crippen LogP contribution in [-0.4, -0.2) is 31.4 Å². The Balaban J connectivity index is 2.00. The molecule has 1 amide bonds. The summed E-state index contributed by atoms with van der Waals surface area (Å²) in [6.07, 6.45) is 2.55. The summed E-state index contributed by atoms with van der Waals surface area (Å²) in [6.45, 7) is 2.04. The monoisotopic (exact) mass is 232 g/mol. The average molecular weight is 232 g/mol. The number of amides is 1. The van der Waals surface area contributed by atoms with Crippen molar-refractivity contribution in [3.8, 4) is 0 Å². The highest BCUT2D eigenvalue weighted by Crippen LogP contribution is 2.16. The molecular formula is C14H20N2O. The summed E-state index contributed by atoms with van der Waals surface area (Å²) >= 11 is 0. The van der Waals surface area contributed by atoms with Crippen LogP contribution in [0.25, 0.3) is 0 Å². The van der Waals surface area contributed by atoms with Crippen molar-refractivity contribution in [2.75, 3.05) is 20.6 Å². The van der Waals surface area contributed by atoms with Crippen molar-refractivity contribution in [2.45, 2.75) is 25.8 Å². The molecule has 0 radical (unpaired) electrons. The molecule has 0 fully saturated rings. The summed E-state index contributed by atoms with van der Waals surface area (Å²) in [4.78, 5) is 13.2. The van der Waals surface area contributed by atoms with Crippen LogP contribution < -0.4 is 5.32 Å². The fourth-order valence-electron chi connectivity index (χ4n) is 2.16. The maximum Gasteiger partial charge on any atom is 0.222 e. The van der Waals surface area contributed by atoms with Gasteiger partial charge in [-0.3, -0.25) is 4.79 Å². The van der Waals surface area contributed by atoms with Crippen molar-refractivity contribution in [3.63, 3.8) is 0 Å². The molecule has 92 valence electrons. The van der Waals surface area contributed by atoms with E-state index in [0.29, 0.717) is 6.42 Å². The Kier molecular flexibility index (Phi) is 3.79. The molecule has 3 nitrogen and oxygen atoms in total. The van der Waals surface area contributed by atoms with Crippen molar-refractivity contribution in [1.29, 1.82) is 0 Å². The van der Waals surface area contributed by atoms with Gasteiger partial charge in [-0.05, 0) is 36.1 Å². The molecule has 1 aromatic rings. The molecule has 2 rings (SSSR count). The summed E-state index contributed by atoms with van der Waals surface area (Å²) in [6, 6.07) is 6.61. The van der Waals surface area contributed by atoms with Crippen LogP contribution in [0.5, 0.6) is 0 Å². The fourth-order valence-corrected chi connectivity index (χ4v) is 2.16. The minimum absolute atomic E-state index is 0.195. The molecule has 0 saturated heterocycles. The lowest BCUT2D eigenvalue weighted by molar-refractivity contribution is -0.128. The van der Waals surface area contributed by atoms with E-state index in [0.717, 1.165) is 25.9 Å². The van der Waals surface area contributed by atoms with Crippen LogP contribution in [0.2, 0.25) is 0 Å². The van der Waals surface area contributed by atoms with Crippen molar-refractivity contribution in [3.05, 3.63) is 34.9 Å². The standard InChI is InChI=1S/C14H20N2O/c1-16(2)14(17)6-4-11-3-5-12-7-8-15-10-13(12)9-11/h3,5,9,15H,4,6-8,10H2,1-2H3. The van der Waals surface area contributed by atoms with Crippen LogP contribution in [0.1, 0.15) is 23.1 Å². The zero-order valence-electron chi connectivity index (χ0n) is 10.6. The maximum absolute atomic E-state index is 11.5. The first-order valence-electron chi connectivity index (χ1n) is 6.18. The van der Waals surface area contributed by atoms with E-state index in [4.69, 9.17) is 0 Å². The quantitative estimate of drug-likeness (QED) is 0.853. The number of hydrogen-bond acceptors (Lipinski definition) is 2. The number of nitrogens with one attached hydrogen (secondary N) is 1. The third kappa shape index (κ3) is 3.07. The molecule has 1 aromatic carbocycles. The first-order valence-corrected chi connectivity index (χ1v) is 6.18. The Bertz CT molecular complexity index is 413. The minimum Gasteiger partial charge on any atom is -0.349 e. The van der Waals surface area contributed by atoms with E-state index in [9.17, 15) is 4.79 Å². The highest BCUT2D eigenvalue weighted by molar-refractivity contribution is 5.75. The molecular weight excluding hydrogens is 212 g/mol. The maximum atomic E-state index is 11.5. The second-order valence-electron chi connectivity index (χ2n) is 4.82. The van der Waals surface area contributed by atoms with Crippen molar-refractivity contribution in [2.24, 2.45) is 0 Å². The summed E-state index contributed by atoms with van der Waals surface area (Å²) in [5.41, 5.74) is 4.11. The zero-order valence-corrected chi connectivity index (χ0v) is 10.6. The predicted octanol–water partition coefficient (Wildman–Crippen LogP) is 1.35. The molecule has 0 aliphatic carbocycles. The highest BCUT2D eigenvalue weighted by atomic mass is 16.2. The normalized spacial score (nSPS) is 14.2. The number of nitrogens with zero attached hydrogens (tertiary/aromatic N) is 1. The lowest BCUT2D eigenvalue weighted by Gasteiger charge is -2.18. The number of benzene rings is 1. The number of rotatable bonds is 3. The number of aryl methyl sites for hydroxylation is 1. The van der Waals surface area contributed by atoms with Gasteiger partial charge >= 0.3 is 0 Å². The van der Waals surface area contributed by atoms with Gasteiger partial charge < -0.3 is 10.2 Å². The molecule has 0 bridgehead atoms. The molecule has 17 heavy (non-hydrogen) atoms. The van der Waals surface area contributed by atoms with E-state index in [1.807, 2.05) is 0 Å². The Labute approximate surface area is 103 Å². The van der Waals surface area contributed by atoms with Crippen molar-refractivity contribution in [1.82, 2.24) is 10.2 Å².